The molecule has 0 fully saturated rings. The first kappa shape index (κ1) is 15.8. The monoisotopic (exact) mass is 326 g/mol. The third-order valence-electron chi connectivity index (χ3n) is 3.24. The van der Waals surface area contributed by atoms with Gasteiger partial charge in [-0.1, -0.05) is 23.7 Å². The topological polar surface area (TPSA) is 71.0 Å². The lowest BCUT2D eigenvalue weighted by Crippen LogP contribution is -2.54. The molecule has 3 N–H and O–H groups in total. The van der Waals surface area contributed by atoms with E-state index in [9.17, 15) is 8.42 Å². The van der Waals surface area contributed by atoms with Crippen LogP contribution in [0.25, 0.3) is 0 Å². The third-order valence-corrected chi connectivity index (χ3v) is 5.68. The highest BCUT2D eigenvalue weighted by Crippen LogP contribution is 2.30. The fraction of sp³-hybridized carbons (Fsp3) is 0.200. The fourth-order valence-electron chi connectivity index (χ4n) is 2.13. The molecule has 112 valence electrons. The van der Waals surface area contributed by atoms with E-state index in [4.69, 9.17) is 16.3 Å². The Bertz CT molecular complexity index is 714. The minimum Gasteiger partial charge on any atom is -0.497 e. The van der Waals surface area contributed by atoms with Crippen molar-refractivity contribution in [1.82, 2.24) is 0 Å². The van der Waals surface area contributed by atoms with Crippen molar-refractivity contribution in [3.05, 3.63) is 59.1 Å². The molecule has 0 aromatic heterocycles. The second kappa shape index (κ2) is 6.47. The summed E-state index contributed by atoms with van der Waals surface area (Å²) in [5, 5.41) is -0.213. The number of rotatable bonds is 5. The molecule has 2 aromatic rings. The van der Waals surface area contributed by atoms with Crippen LogP contribution in [-0.4, -0.2) is 22.1 Å². The van der Waals surface area contributed by atoms with E-state index < -0.39 is 15.1 Å². The van der Waals surface area contributed by atoms with Crippen molar-refractivity contribution in [3.8, 4) is 5.75 Å². The zero-order chi connectivity index (χ0) is 15.5. The third kappa shape index (κ3) is 3.37. The molecule has 0 saturated carbocycles. The van der Waals surface area contributed by atoms with Crippen molar-refractivity contribution in [2.24, 2.45) is 0 Å². The van der Waals surface area contributed by atoms with Gasteiger partial charge in [0.1, 0.15) is 11.0 Å². The van der Waals surface area contributed by atoms with Crippen molar-refractivity contribution in [1.29, 1.82) is 0 Å². The van der Waals surface area contributed by atoms with Crippen LogP contribution in [-0.2, 0) is 9.84 Å². The summed E-state index contributed by atoms with van der Waals surface area (Å²) in [5.74, 6) is 0.622. The predicted molar refractivity (Wildman–Crippen MR) is 82.1 cm³/mol. The molecule has 0 heterocycles. The standard InChI is InChI=1S/C15H16ClNO3S/c1-20-13-4-2-3-11(9-13)15(10-17)21(18,19)14-7-5-12(16)6-8-14/h2-9,15H,10,17H2,1H3/p+1/t15-/m1/s1. The predicted octanol–water partition coefficient (Wildman–Crippen LogP) is 2.11. The molecule has 0 bridgehead atoms. The molecular formula is C15H17ClNO3S+. The van der Waals surface area contributed by atoms with Gasteiger partial charge in [-0.3, -0.25) is 0 Å². The molecule has 2 rings (SSSR count). The molecule has 0 radical (unpaired) electrons. The summed E-state index contributed by atoms with van der Waals surface area (Å²) >= 11 is 5.81. The average molecular weight is 327 g/mol. The van der Waals surface area contributed by atoms with Crippen LogP contribution in [0.4, 0.5) is 0 Å². The molecule has 2 aromatic carbocycles. The summed E-state index contributed by atoms with van der Waals surface area (Å²) in [6.45, 7) is 0.234. The zero-order valence-corrected chi connectivity index (χ0v) is 13.2. The largest absolute Gasteiger partial charge is 0.497 e. The van der Waals surface area contributed by atoms with E-state index in [1.165, 1.54) is 12.1 Å². The number of benzene rings is 2. The Morgan fingerprint density at radius 1 is 1.19 bits per heavy atom. The Hall–Kier alpha value is -1.56. The number of hydrogen-bond acceptors (Lipinski definition) is 3. The van der Waals surface area contributed by atoms with E-state index in [-0.39, 0.29) is 11.4 Å². The highest BCUT2D eigenvalue weighted by Gasteiger charge is 2.29. The Labute approximate surface area is 129 Å². The van der Waals surface area contributed by atoms with E-state index >= 15 is 0 Å². The maximum atomic E-state index is 12.8. The smallest absolute Gasteiger partial charge is 0.190 e. The minimum absolute atomic E-state index is 0.234. The van der Waals surface area contributed by atoms with Crippen LogP contribution >= 0.6 is 11.6 Å². The van der Waals surface area contributed by atoms with Gasteiger partial charge in [0.05, 0.1) is 18.6 Å². The summed E-state index contributed by atoms with van der Waals surface area (Å²) in [6, 6.07) is 13.2. The maximum Gasteiger partial charge on any atom is 0.190 e. The lowest BCUT2D eigenvalue weighted by atomic mass is 10.1. The van der Waals surface area contributed by atoms with Crippen LogP contribution in [0.3, 0.4) is 0 Å². The molecule has 4 nitrogen and oxygen atoms in total. The number of ether oxygens (including phenoxy) is 1. The number of quaternary nitrogens is 1. The van der Waals surface area contributed by atoms with Gasteiger partial charge in [0, 0.05) is 5.02 Å². The van der Waals surface area contributed by atoms with Crippen molar-refractivity contribution in [2.45, 2.75) is 10.1 Å². The number of halogens is 1. The van der Waals surface area contributed by atoms with Crippen molar-refractivity contribution >= 4 is 21.4 Å². The van der Waals surface area contributed by atoms with Crippen LogP contribution in [0.2, 0.25) is 5.02 Å². The van der Waals surface area contributed by atoms with Crippen molar-refractivity contribution in [3.63, 3.8) is 0 Å². The first-order valence-corrected chi connectivity index (χ1v) is 8.34. The lowest BCUT2D eigenvalue weighted by molar-refractivity contribution is -0.367. The second-order valence-electron chi connectivity index (χ2n) is 4.55. The molecule has 0 unspecified atom stereocenters. The van der Waals surface area contributed by atoms with E-state index in [0.717, 1.165) is 0 Å². The number of hydrogen-bond donors (Lipinski definition) is 1. The molecular weight excluding hydrogens is 310 g/mol. The minimum atomic E-state index is -3.52. The molecule has 6 heteroatoms. The first-order valence-electron chi connectivity index (χ1n) is 6.41. The summed E-state index contributed by atoms with van der Waals surface area (Å²) in [7, 11) is -1.97. The summed E-state index contributed by atoms with van der Waals surface area (Å²) in [5.41, 5.74) is 4.45. The van der Waals surface area contributed by atoms with Gasteiger partial charge in [-0.2, -0.15) is 0 Å². The quantitative estimate of drug-likeness (QED) is 0.914. The number of sulfone groups is 1. The van der Waals surface area contributed by atoms with Crippen LogP contribution < -0.4 is 10.5 Å². The number of methoxy groups -OCH3 is 1. The van der Waals surface area contributed by atoms with Crippen LogP contribution in [0.5, 0.6) is 5.75 Å². The van der Waals surface area contributed by atoms with Gasteiger partial charge in [0.15, 0.2) is 9.84 Å². The zero-order valence-electron chi connectivity index (χ0n) is 11.6. The van der Waals surface area contributed by atoms with Crippen molar-refractivity contribution in [2.75, 3.05) is 13.7 Å². The molecule has 0 aliphatic carbocycles. The summed E-state index contributed by atoms with van der Waals surface area (Å²) in [4.78, 5) is 0.239. The van der Waals surface area contributed by atoms with Crippen LogP contribution in [0, 0.1) is 0 Å². The Morgan fingerprint density at radius 3 is 2.43 bits per heavy atom. The Balaban J connectivity index is 2.46. The van der Waals surface area contributed by atoms with Gasteiger partial charge in [0.2, 0.25) is 0 Å². The fourth-order valence-corrected chi connectivity index (χ4v) is 3.92. The van der Waals surface area contributed by atoms with Gasteiger partial charge in [-0.05, 0) is 42.0 Å². The SMILES string of the molecule is COc1cccc([C@@H](C[NH3+])S(=O)(=O)c2ccc(Cl)cc2)c1. The second-order valence-corrected chi connectivity index (χ2v) is 7.12. The van der Waals surface area contributed by atoms with Gasteiger partial charge < -0.3 is 10.5 Å². The van der Waals surface area contributed by atoms with Crippen molar-refractivity contribution < 1.29 is 18.9 Å². The molecule has 0 aliphatic heterocycles. The van der Waals surface area contributed by atoms with E-state index in [1.807, 2.05) is 0 Å². The maximum absolute atomic E-state index is 12.8. The highest BCUT2D eigenvalue weighted by molar-refractivity contribution is 7.91. The molecule has 0 amide bonds. The summed E-state index contributed by atoms with van der Waals surface area (Å²) < 4.78 is 30.7. The molecule has 0 spiro atoms. The Kier molecular flexibility index (Phi) is 4.88. The lowest BCUT2D eigenvalue weighted by Gasteiger charge is -2.15. The van der Waals surface area contributed by atoms with Crippen LogP contribution in [0.1, 0.15) is 10.8 Å². The summed E-state index contributed by atoms with van der Waals surface area (Å²) in [6.07, 6.45) is 0. The average Bonchev–Trinajstić information content (AvgIpc) is 2.48. The molecule has 21 heavy (non-hydrogen) atoms. The van der Waals surface area contributed by atoms with Gasteiger partial charge in [-0.25, -0.2) is 8.42 Å². The van der Waals surface area contributed by atoms with Gasteiger partial charge in [0.25, 0.3) is 0 Å². The Morgan fingerprint density at radius 2 is 1.86 bits per heavy atom. The van der Waals surface area contributed by atoms with E-state index in [1.54, 1.807) is 43.5 Å². The van der Waals surface area contributed by atoms with Gasteiger partial charge in [-0.15, -0.1) is 0 Å². The first-order chi connectivity index (χ1) is 9.98. The normalized spacial score (nSPS) is 12.9. The van der Waals surface area contributed by atoms with Crippen LogP contribution in [0.15, 0.2) is 53.4 Å². The van der Waals surface area contributed by atoms with Gasteiger partial charge >= 0.3 is 0 Å². The molecule has 0 aliphatic rings. The van der Waals surface area contributed by atoms with E-state index in [2.05, 4.69) is 5.73 Å². The molecule has 1 atom stereocenters. The highest BCUT2D eigenvalue weighted by atomic mass is 35.5. The molecule has 0 saturated heterocycles. The van der Waals surface area contributed by atoms with E-state index in [0.29, 0.717) is 16.3 Å².